The van der Waals surface area contributed by atoms with Crippen LogP contribution in [-0.4, -0.2) is 74.5 Å². The van der Waals surface area contributed by atoms with Crippen molar-refractivity contribution >= 4 is 35.8 Å². The predicted molar refractivity (Wildman–Crippen MR) is 133 cm³/mol. The molecule has 7 nitrogen and oxygen atoms in total. The van der Waals surface area contributed by atoms with Crippen molar-refractivity contribution in [1.82, 2.24) is 15.2 Å². The Morgan fingerprint density at radius 1 is 1.30 bits per heavy atom. The zero-order chi connectivity index (χ0) is 20.6. The van der Waals surface area contributed by atoms with Gasteiger partial charge in [0, 0.05) is 46.0 Å². The lowest BCUT2D eigenvalue weighted by molar-refractivity contribution is -0.00545. The number of guanidine groups is 1. The van der Waals surface area contributed by atoms with Crippen LogP contribution in [0.4, 0.5) is 5.82 Å². The second-order valence-electron chi connectivity index (χ2n) is 8.30. The quantitative estimate of drug-likeness (QED) is 0.229. The Morgan fingerprint density at radius 2 is 2.03 bits per heavy atom. The van der Waals surface area contributed by atoms with Crippen molar-refractivity contribution < 1.29 is 9.47 Å². The number of ether oxygens (including phenoxy) is 2. The monoisotopic (exact) mass is 531 g/mol. The molecule has 1 saturated carbocycles. The zero-order valence-corrected chi connectivity index (χ0v) is 21.2. The summed E-state index contributed by atoms with van der Waals surface area (Å²) in [5.74, 6) is 2.72. The van der Waals surface area contributed by atoms with E-state index in [2.05, 4.69) is 60.1 Å². The molecular formula is C22H38IN5O2. The van der Waals surface area contributed by atoms with E-state index in [0.717, 1.165) is 62.7 Å². The number of hydrogen-bond donors (Lipinski definition) is 1. The average Bonchev–Trinajstić information content (AvgIpc) is 3.52. The smallest absolute Gasteiger partial charge is 0.194 e. The molecule has 2 unspecified atom stereocenters. The van der Waals surface area contributed by atoms with Crippen molar-refractivity contribution in [3.05, 3.63) is 23.9 Å². The van der Waals surface area contributed by atoms with Gasteiger partial charge < -0.3 is 24.6 Å². The molecule has 1 aromatic rings. The first-order valence-corrected chi connectivity index (χ1v) is 11.0. The van der Waals surface area contributed by atoms with E-state index in [0.29, 0.717) is 6.54 Å². The number of aromatic nitrogens is 1. The van der Waals surface area contributed by atoms with E-state index in [1.807, 2.05) is 6.20 Å². The molecule has 8 heteroatoms. The lowest BCUT2D eigenvalue weighted by Gasteiger charge is -2.36. The fourth-order valence-corrected chi connectivity index (χ4v) is 3.54. The molecule has 0 bridgehead atoms. The summed E-state index contributed by atoms with van der Waals surface area (Å²) >= 11 is 0. The molecular weight excluding hydrogens is 493 g/mol. The van der Waals surface area contributed by atoms with Gasteiger partial charge >= 0.3 is 0 Å². The summed E-state index contributed by atoms with van der Waals surface area (Å²) in [5, 5.41) is 3.37. The molecule has 2 atom stereocenters. The molecule has 0 amide bonds. The number of nitrogens with one attached hydrogen (secondary N) is 1. The van der Waals surface area contributed by atoms with Gasteiger partial charge in [0.15, 0.2) is 5.96 Å². The van der Waals surface area contributed by atoms with E-state index >= 15 is 0 Å². The Kier molecular flexibility index (Phi) is 10.6. The molecule has 3 rings (SSSR count). The van der Waals surface area contributed by atoms with Crippen molar-refractivity contribution in [1.29, 1.82) is 0 Å². The van der Waals surface area contributed by atoms with Crippen LogP contribution < -0.4 is 10.2 Å². The Bertz CT molecular complexity index is 643. The average molecular weight is 531 g/mol. The molecule has 1 saturated heterocycles. The topological polar surface area (TPSA) is 62.2 Å². The van der Waals surface area contributed by atoms with Crippen LogP contribution in [0, 0.1) is 5.92 Å². The Hall–Kier alpha value is -1.13. The normalized spacial score (nSPS) is 21.9. The van der Waals surface area contributed by atoms with Crippen LogP contribution in [0.1, 0.15) is 39.2 Å². The highest BCUT2D eigenvalue weighted by Crippen LogP contribution is 2.28. The van der Waals surface area contributed by atoms with Crippen LogP contribution in [-0.2, 0) is 16.0 Å². The highest BCUT2D eigenvalue weighted by molar-refractivity contribution is 14.0. The number of morpholine rings is 1. The minimum atomic E-state index is 0. The van der Waals surface area contributed by atoms with Crippen LogP contribution in [0.25, 0.3) is 0 Å². The van der Waals surface area contributed by atoms with E-state index < -0.39 is 0 Å². The molecule has 0 radical (unpaired) electrons. The summed E-state index contributed by atoms with van der Waals surface area (Å²) in [5.41, 5.74) is 1.11. The summed E-state index contributed by atoms with van der Waals surface area (Å²) in [6.45, 7) is 12.0. The number of halogens is 1. The highest BCUT2D eigenvalue weighted by Gasteiger charge is 2.23. The van der Waals surface area contributed by atoms with Gasteiger partial charge in [0.1, 0.15) is 5.82 Å². The highest BCUT2D eigenvalue weighted by atomic mass is 127. The lowest BCUT2D eigenvalue weighted by atomic mass is 10.2. The Balaban J connectivity index is 0.00000320. The van der Waals surface area contributed by atoms with Gasteiger partial charge in [-0.2, -0.15) is 0 Å². The van der Waals surface area contributed by atoms with Crippen molar-refractivity contribution in [2.24, 2.45) is 10.9 Å². The van der Waals surface area contributed by atoms with Crippen LogP contribution in [0.15, 0.2) is 23.3 Å². The molecule has 1 aromatic heterocycles. The molecule has 2 heterocycles. The van der Waals surface area contributed by atoms with Crippen LogP contribution in [0.3, 0.4) is 0 Å². The first-order chi connectivity index (χ1) is 14.0. The molecule has 2 aliphatic rings. The predicted octanol–water partition coefficient (Wildman–Crippen LogP) is 3.14. The Morgan fingerprint density at radius 3 is 2.63 bits per heavy atom. The molecule has 1 N–H and O–H groups in total. The SMILES string of the molecule is CCNC(=NCc1ccc(N2CC(C)OC(C)C2)nc1)N(C)CCOCC1CC1.I. The lowest BCUT2D eigenvalue weighted by Crippen LogP contribution is -2.45. The van der Waals surface area contributed by atoms with E-state index in [1.165, 1.54) is 12.8 Å². The van der Waals surface area contributed by atoms with Gasteiger partial charge in [-0.25, -0.2) is 9.98 Å². The zero-order valence-electron chi connectivity index (χ0n) is 18.8. The summed E-state index contributed by atoms with van der Waals surface area (Å²) in [6, 6.07) is 4.22. The molecule has 170 valence electrons. The number of hydrogen-bond acceptors (Lipinski definition) is 5. The summed E-state index contributed by atoms with van der Waals surface area (Å²) in [6.07, 6.45) is 5.06. The molecule has 2 fully saturated rings. The number of rotatable bonds is 9. The second kappa shape index (κ2) is 12.7. The van der Waals surface area contributed by atoms with Gasteiger partial charge in [0.2, 0.25) is 0 Å². The van der Waals surface area contributed by atoms with Crippen molar-refractivity contribution in [3.63, 3.8) is 0 Å². The number of pyridine rings is 1. The van der Waals surface area contributed by atoms with Gasteiger partial charge in [-0.05, 0) is 51.2 Å². The minimum Gasteiger partial charge on any atom is -0.379 e. The van der Waals surface area contributed by atoms with Gasteiger partial charge in [0.25, 0.3) is 0 Å². The number of nitrogens with zero attached hydrogens (tertiary/aromatic N) is 4. The third kappa shape index (κ3) is 8.19. The summed E-state index contributed by atoms with van der Waals surface area (Å²) < 4.78 is 11.6. The van der Waals surface area contributed by atoms with E-state index in [4.69, 9.17) is 14.5 Å². The molecule has 1 aliphatic heterocycles. The van der Waals surface area contributed by atoms with Gasteiger partial charge in [0.05, 0.1) is 25.4 Å². The van der Waals surface area contributed by atoms with E-state index in [-0.39, 0.29) is 36.2 Å². The van der Waals surface area contributed by atoms with Gasteiger partial charge in [-0.3, -0.25) is 0 Å². The van der Waals surface area contributed by atoms with Gasteiger partial charge in [-0.15, -0.1) is 24.0 Å². The third-order valence-corrected chi connectivity index (χ3v) is 5.28. The van der Waals surface area contributed by atoms with Crippen molar-refractivity contribution in [3.8, 4) is 0 Å². The second-order valence-corrected chi connectivity index (χ2v) is 8.30. The van der Waals surface area contributed by atoms with Crippen LogP contribution in [0.2, 0.25) is 0 Å². The maximum Gasteiger partial charge on any atom is 0.194 e. The van der Waals surface area contributed by atoms with E-state index in [9.17, 15) is 0 Å². The largest absolute Gasteiger partial charge is 0.379 e. The number of aliphatic imine (C=N–C) groups is 1. The van der Waals surface area contributed by atoms with Crippen LogP contribution in [0.5, 0.6) is 0 Å². The van der Waals surface area contributed by atoms with Gasteiger partial charge in [-0.1, -0.05) is 6.07 Å². The maximum absolute atomic E-state index is 5.81. The van der Waals surface area contributed by atoms with E-state index in [1.54, 1.807) is 0 Å². The number of anilines is 1. The molecule has 0 spiro atoms. The van der Waals surface area contributed by atoms with Crippen LogP contribution >= 0.6 is 24.0 Å². The molecule has 0 aromatic carbocycles. The first-order valence-electron chi connectivity index (χ1n) is 11.0. The molecule has 1 aliphatic carbocycles. The fourth-order valence-electron chi connectivity index (χ4n) is 3.54. The Labute approximate surface area is 198 Å². The van der Waals surface area contributed by atoms with Crippen molar-refractivity contribution in [2.75, 3.05) is 51.3 Å². The third-order valence-electron chi connectivity index (χ3n) is 5.28. The fraction of sp³-hybridized carbons (Fsp3) is 0.727. The summed E-state index contributed by atoms with van der Waals surface area (Å²) in [7, 11) is 2.06. The number of likely N-dealkylation sites (N-methyl/N-ethyl adjacent to an activating group) is 1. The molecule has 30 heavy (non-hydrogen) atoms. The summed E-state index contributed by atoms with van der Waals surface area (Å²) in [4.78, 5) is 13.9. The standard InChI is InChI=1S/C22H37N5O2.HI/c1-5-23-22(26(4)10-11-28-16-19-6-7-19)25-13-20-8-9-21(24-12-20)27-14-17(2)29-18(3)15-27;/h8-9,12,17-19H,5-7,10-11,13-16H2,1-4H3,(H,23,25);1H. The maximum atomic E-state index is 5.81. The minimum absolute atomic E-state index is 0. The first kappa shape index (κ1) is 25.1. The van der Waals surface area contributed by atoms with Crippen molar-refractivity contribution in [2.45, 2.75) is 52.4 Å².